The Hall–Kier alpha value is -2.21. The fraction of sp³-hybridized carbons (Fsp3) is 0.633. The Morgan fingerprint density at radius 1 is 1.14 bits per heavy atom. The van der Waals surface area contributed by atoms with Crippen molar-refractivity contribution in [2.75, 3.05) is 45.9 Å². The van der Waals surface area contributed by atoms with E-state index in [0.29, 0.717) is 43.1 Å². The molecular formula is C30H38ClF3N4O3S. The van der Waals surface area contributed by atoms with E-state index in [2.05, 4.69) is 9.88 Å². The molecule has 2 aromatic rings. The van der Waals surface area contributed by atoms with E-state index >= 15 is 0 Å². The highest BCUT2D eigenvalue weighted by Gasteiger charge is 2.44. The summed E-state index contributed by atoms with van der Waals surface area (Å²) in [6.45, 7) is 7.02. The van der Waals surface area contributed by atoms with Crippen molar-refractivity contribution in [3.63, 3.8) is 0 Å². The Balaban J connectivity index is 1.38. The van der Waals surface area contributed by atoms with Crippen molar-refractivity contribution in [3.05, 3.63) is 50.4 Å². The van der Waals surface area contributed by atoms with Gasteiger partial charge in [-0.15, -0.1) is 11.3 Å². The van der Waals surface area contributed by atoms with Crippen LogP contribution in [0.1, 0.15) is 78.0 Å². The number of morpholine rings is 1. The van der Waals surface area contributed by atoms with Gasteiger partial charge in [-0.1, -0.05) is 24.9 Å². The number of rotatable bonds is 8. The number of thiophene rings is 1. The number of hydrogen-bond acceptors (Lipinski definition) is 6. The molecule has 2 fully saturated rings. The molecule has 0 N–H and O–H groups in total. The van der Waals surface area contributed by atoms with Gasteiger partial charge in [0.1, 0.15) is 5.69 Å². The Labute approximate surface area is 254 Å². The molecule has 7 nitrogen and oxygen atoms in total. The van der Waals surface area contributed by atoms with Gasteiger partial charge < -0.3 is 14.5 Å². The number of nitrogens with zero attached hydrogens (tertiary/aromatic N) is 4. The molecule has 3 atom stereocenters. The predicted molar refractivity (Wildman–Crippen MR) is 156 cm³/mol. The molecule has 0 aliphatic carbocycles. The van der Waals surface area contributed by atoms with E-state index < -0.39 is 35.3 Å². The minimum absolute atomic E-state index is 0.0210. The van der Waals surface area contributed by atoms with Gasteiger partial charge in [-0.3, -0.25) is 19.5 Å². The number of ether oxygens (including phenoxy) is 1. The second kappa shape index (κ2) is 13.6. The standard InChI is InChI=1S/C30H38ClF3N4O3S/c1-2-6-23-20(7-4-13-37(23)29(40)27-22(30(32,33)34)8-3-11-35-27)28(39)38-14-10-25-21(19-26(31)42-25)24(38)9-5-12-36-15-17-41-18-16-36/h3,8,11,19-20,23-24H,2,4-7,9-10,12-18H2,1H3/t20-,23-,24?/m1/s1. The van der Waals surface area contributed by atoms with Crippen LogP contribution in [0.25, 0.3) is 0 Å². The number of halogens is 4. The number of amides is 2. The van der Waals surface area contributed by atoms with Crippen LogP contribution in [-0.4, -0.2) is 83.5 Å². The third-order valence-electron chi connectivity index (χ3n) is 8.72. The molecule has 5 heterocycles. The van der Waals surface area contributed by atoms with Gasteiger partial charge in [0.15, 0.2) is 0 Å². The van der Waals surface area contributed by atoms with E-state index in [1.807, 2.05) is 17.9 Å². The summed E-state index contributed by atoms with van der Waals surface area (Å²) in [7, 11) is 0. The van der Waals surface area contributed by atoms with Crippen molar-refractivity contribution < 1.29 is 27.5 Å². The molecule has 3 aliphatic rings. The van der Waals surface area contributed by atoms with E-state index in [9.17, 15) is 22.8 Å². The molecule has 230 valence electrons. The molecule has 0 aromatic carbocycles. The van der Waals surface area contributed by atoms with Gasteiger partial charge in [-0.25, -0.2) is 0 Å². The fourth-order valence-electron chi connectivity index (χ4n) is 6.74. The van der Waals surface area contributed by atoms with E-state index in [-0.39, 0.29) is 11.9 Å². The zero-order valence-corrected chi connectivity index (χ0v) is 25.4. The molecule has 0 radical (unpaired) electrons. The van der Waals surface area contributed by atoms with E-state index in [4.69, 9.17) is 16.3 Å². The average Bonchev–Trinajstić information content (AvgIpc) is 3.37. The van der Waals surface area contributed by atoms with Gasteiger partial charge in [0.05, 0.1) is 35.1 Å². The Kier molecular flexibility index (Phi) is 10.1. The third kappa shape index (κ3) is 6.79. The number of fused-ring (bicyclic) bond motifs is 1. The topological polar surface area (TPSA) is 66.0 Å². The summed E-state index contributed by atoms with van der Waals surface area (Å²) in [5.41, 5.74) is -0.543. The lowest BCUT2D eigenvalue weighted by Gasteiger charge is -2.45. The van der Waals surface area contributed by atoms with Crippen LogP contribution in [-0.2, 0) is 22.1 Å². The minimum atomic E-state index is -4.70. The van der Waals surface area contributed by atoms with Crippen LogP contribution in [0.4, 0.5) is 13.2 Å². The molecular weight excluding hydrogens is 589 g/mol. The van der Waals surface area contributed by atoms with E-state index in [1.54, 1.807) is 11.3 Å². The van der Waals surface area contributed by atoms with Crippen LogP contribution in [0, 0.1) is 5.92 Å². The van der Waals surface area contributed by atoms with Crippen molar-refractivity contribution in [2.24, 2.45) is 5.92 Å². The fourth-order valence-corrected chi connectivity index (χ4v) is 8.07. The van der Waals surface area contributed by atoms with Gasteiger partial charge in [0.2, 0.25) is 5.91 Å². The largest absolute Gasteiger partial charge is 0.418 e. The van der Waals surface area contributed by atoms with Crippen LogP contribution in [0.5, 0.6) is 0 Å². The van der Waals surface area contributed by atoms with Crippen molar-refractivity contribution in [1.29, 1.82) is 0 Å². The summed E-state index contributed by atoms with van der Waals surface area (Å²) >= 11 is 8.00. The highest BCUT2D eigenvalue weighted by molar-refractivity contribution is 7.16. The predicted octanol–water partition coefficient (Wildman–Crippen LogP) is 6.07. The molecule has 42 heavy (non-hydrogen) atoms. The maximum Gasteiger partial charge on any atom is 0.418 e. The number of carbonyl (C=O) groups is 2. The number of likely N-dealkylation sites (tertiary alicyclic amines) is 1. The molecule has 0 saturated carbocycles. The lowest BCUT2D eigenvalue weighted by molar-refractivity contribution is -0.143. The average molecular weight is 627 g/mol. The summed E-state index contributed by atoms with van der Waals surface area (Å²) < 4.78 is 47.5. The number of alkyl halides is 3. The first-order valence-electron chi connectivity index (χ1n) is 14.9. The first-order valence-corrected chi connectivity index (χ1v) is 16.1. The SMILES string of the molecule is CCC[C@@H]1[C@H](C(=O)N2CCc3sc(Cl)cc3C2CCCN2CCOCC2)CCCN1C(=O)c1ncccc1C(F)(F)F. The summed E-state index contributed by atoms with van der Waals surface area (Å²) in [6, 6.07) is 3.45. The van der Waals surface area contributed by atoms with Crippen molar-refractivity contribution in [2.45, 2.75) is 70.1 Å². The zero-order valence-electron chi connectivity index (χ0n) is 23.9. The second-order valence-corrected chi connectivity index (χ2v) is 13.1. The molecule has 3 aliphatic heterocycles. The van der Waals surface area contributed by atoms with Crippen LogP contribution in [0.15, 0.2) is 24.4 Å². The van der Waals surface area contributed by atoms with Crippen LogP contribution >= 0.6 is 22.9 Å². The molecule has 2 aromatic heterocycles. The zero-order chi connectivity index (χ0) is 29.9. The highest BCUT2D eigenvalue weighted by Crippen LogP contribution is 2.42. The van der Waals surface area contributed by atoms with Crippen LogP contribution < -0.4 is 0 Å². The maximum atomic E-state index is 14.4. The first kappa shape index (κ1) is 31.2. The first-order chi connectivity index (χ1) is 20.2. The molecule has 2 amide bonds. The van der Waals surface area contributed by atoms with Gasteiger partial charge in [-0.05, 0) is 68.8 Å². The molecule has 1 unspecified atom stereocenters. The molecule has 2 saturated heterocycles. The molecule has 12 heteroatoms. The number of carbonyl (C=O) groups excluding carboxylic acids is 2. The lowest BCUT2D eigenvalue weighted by Crippen LogP contribution is -2.55. The number of hydrogen-bond donors (Lipinski definition) is 0. The normalized spacial score (nSPS) is 23.6. The van der Waals surface area contributed by atoms with Gasteiger partial charge in [0, 0.05) is 43.3 Å². The summed E-state index contributed by atoms with van der Waals surface area (Å²) in [6.07, 6.45) is 1.29. The molecule has 0 bridgehead atoms. The van der Waals surface area contributed by atoms with Crippen molar-refractivity contribution in [3.8, 4) is 0 Å². The van der Waals surface area contributed by atoms with Gasteiger partial charge in [0.25, 0.3) is 5.91 Å². The Morgan fingerprint density at radius 2 is 1.93 bits per heavy atom. The van der Waals surface area contributed by atoms with E-state index in [0.717, 1.165) is 63.7 Å². The maximum absolute atomic E-state index is 14.4. The molecule has 0 spiro atoms. The second-order valence-electron chi connectivity index (χ2n) is 11.3. The third-order valence-corrected chi connectivity index (χ3v) is 10.1. The van der Waals surface area contributed by atoms with E-state index in [1.165, 1.54) is 22.0 Å². The Bertz CT molecular complexity index is 1250. The van der Waals surface area contributed by atoms with Crippen LogP contribution in [0.3, 0.4) is 0 Å². The van der Waals surface area contributed by atoms with Gasteiger partial charge in [-0.2, -0.15) is 13.2 Å². The van der Waals surface area contributed by atoms with Gasteiger partial charge >= 0.3 is 6.18 Å². The van der Waals surface area contributed by atoms with Crippen molar-refractivity contribution >= 4 is 34.8 Å². The minimum Gasteiger partial charge on any atom is -0.379 e. The smallest absolute Gasteiger partial charge is 0.379 e. The molecule has 5 rings (SSSR count). The Morgan fingerprint density at radius 3 is 2.67 bits per heavy atom. The van der Waals surface area contributed by atoms with Crippen molar-refractivity contribution in [1.82, 2.24) is 19.7 Å². The monoisotopic (exact) mass is 626 g/mol. The lowest BCUT2D eigenvalue weighted by atomic mass is 9.83. The number of pyridine rings is 1. The summed E-state index contributed by atoms with van der Waals surface area (Å²) in [5.74, 6) is -1.27. The van der Waals surface area contributed by atoms with Crippen LogP contribution in [0.2, 0.25) is 4.34 Å². The number of piperidine rings is 1. The number of aromatic nitrogens is 1. The highest BCUT2D eigenvalue weighted by atomic mass is 35.5. The quantitative estimate of drug-likeness (QED) is 0.356. The summed E-state index contributed by atoms with van der Waals surface area (Å²) in [5, 5.41) is 0. The summed E-state index contributed by atoms with van der Waals surface area (Å²) in [4.78, 5) is 38.9.